The van der Waals surface area contributed by atoms with Gasteiger partial charge in [-0.3, -0.25) is 4.99 Å². The van der Waals surface area contributed by atoms with E-state index in [-0.39, 0.29) is 0 Å². The van der Waals surface area contributed by atoms with E-state index in [0.29, 0.717) is 0 Å². The molecule has 3 rings (SSSR count). The van der Waals surface area contributed by atoms with Crippen LogP contribution in [0.15, 0.2) is 77.6 Å². The van der Waals surface area contributed by atoms with Crippen molar-refractivity contribution < 1.29 is 0 Å². The summed E-state index contributed by atoms with van der Waals surface area (Å²) in [5, 5.41) is 0. The Labute approximate surface area is 113 Å². The number of benzene rings is 1. The lowest BCUT2D eigenvalue weighted by Gasteiger charge is -2.21. The molecular formula is C17H16N2. The van der Waals surface area contributed by atoms with Crippen LogP contribution in [0.1, 0.15) is 12.0 Å². The first-order valence-corrected chi connectivity index (χ1v) is 6.42. The fourth-order valence-corrected chi connectivity index (χ4v) is 2.54. The van der Waals surface area contributed by atoms with E-state index in [2.05, 4.69) is 65.1 Å². The van der Waals surface area contributed by atoms with Crippen molar-refractivity contribution in [3.05, 3.63) is 78.2 Å². The molecule has 0 saturated heterocycles. The van der Waals surface area contributed by atoms with Gasteiger partial charge in [0.05, 0.1) is 17.1 Å². The Hall–Kier alpha value is -2.35. The molecule has 1 heterocycles. The molecule has 0 N–H and O–H groups in total. The summed E-state index contributed by atoms with van der Waals surface area (Å²) < 4.78 is 0. The smallest absolute Gasteiger partial charge is 0.0898 e. The van der Waals surface area contributed by atoms with Crippen molar-refractivity contribution in [2.75, 3.05) is 11.9 Å². The molecule has 19 heavy (non-hydrogen) atoms. The Bertz CT molecular complexity index is 645. The van der Waals surface area contributed by atoms with Crippen molar-refractivity contribution in [3.63, 3.8) is 0 Å². The standard InChI is InChI=1S/C17H16N2/c1-13-17(18-2)15-11-7-8-12-16(15)19(13)14-9-5-3-4-6-10-14/h3,5-12H,1,4H2,2H3. The molecular weight excluding hydrogens is 232 g/mol. The monoisotopic (exact) mass is 248 g/mol. The van der Waals surface area contributed by atoms with Crippen LogP contribution < -0.4 is 4.90 Å². The number of rotatable bonds is 1. The van der Waals surface area contributed by atoms with E-state index in [1.807, 2.05) is 13.1 Å². The van der Waals surface area contributed by atoms with Crippen molar-refractivity contribution in [2.45, 2.75) is 6.42 Å². The highest BCUT2D eigenvalue weighted by Gasteiger charge is 2.29. The van der Waals surface area contributed by atoms with Gasteiger partial charge in [0.1, 0.15) is 0 Å². The molecule has 0 aromatic heterocycles. The lowest BCUT2D eigenvalue weighted by molar-refractivity contribution is 1.19. The third-order valence-electron chi connectivity index (χ3n) is 3.39. The maximum atomic E-state index is 4.38. The fraction of sp³-hybridized carbons (Fsp3) is 0.118. The first kappa shape index (κ1) is 11.7. The normalized spacial score (nSPS) is 19.6. The second kappa shape index (κ2) is 4.73. The van der Waals surface area contributed by atoms with Gasteiger partial charge in [-0.1, -0.05) is 43.0 Å². The minimum absolute atomic E-state index is 0.940. The van der Waals surface area contributed by atoms with Crippen LogP contribution in [0.4, 0.5) is 5.69 Å². The van der Waals surface area contributed by atoms with Crippen LogP contribution in [-0.4, -0.2) is 12.8 Å². The quantitative estimate of drug-likeness (QED) is 0.737. The van der Waals surface area contributed by atoms with Gasteiger partial charge in [-0.2, -0.15) is 0 Å². The van der Waals surface area contributed by atoms with Crippen LogP contribution in [0.2, 0.25) is 0 Å². The Morgan fingerprint density at radius 1 is 1.21 bits per heavy atom. The Morgan fingerprint density at radius 2 is 2.05 bits per heavy atom. The fourth-order valence-electron chi connectivity index (χ4n) is 2.54. The second-order valence-corrected chi connectivity index (χ2v) is 4.53. The van der Waals surface area contributed by atoms with Gasteiger partial charge in [0, 0.05) is 18.3 Å². The maximum absolute atomic E-state index is 4.38. The number of anilines is 1. The van der Waals surface area contributed by atoms with Crippen LogP contribution in [0.3, 0.4) is 0 Å². The molecule has 0 fully saturated rings. The van der Waals surface area contributed by atoms with Crippen molar-refractivity contribution in [1.29, 1.82) is 0 Å². The van der Waals surface area contributed by atoms with Crippen LogP contribution in [0.25, 0.3) is 0 Å². The third-order valence-corrected chi connectivity index (χ3v) is 3.39. The molecule has 1 aromatic carbocycles. The molecule has 94 valence electrons. The molecule has 0 radical (unpaired) electrons. The summed E-state index contributed by atoms with van der Waals surface area (Å²) in [4.78, 5) is 6.55. The van der Waals surface area contributed by atoms with Crippen LogP contribution in [0, 0.1) is 0 Å². The van der Waals surface area contributed by atoms with E-state index >= 15 is 0 Å². The molecule has 2 aliphatic rings. The largest absolute Gasteiger partial charge is 0.308 e. The van der Waals surface area contributed by atoms with Crippen molar-refractivity contribution >= 4 is 11.4 Å². The van der Waals surface area contributed by atoms with Gasteiger partial charge in [-0.15, -0.1) is 0 Å². The predicted molar refractivity (Wildman–Crippen MR) is 81.5 cm³/mol. The first-order chi connectivity index (χ1) is 9.33. The number of para-hydroxylation sites is 1. The number of nitrogens with zero attached hydrogens (tertiary/aromatic N) is 2. The number of aliphatic imine (C=N–C) groups is 1. The zero-order chi connectivity index (χ0) is 13.2. The number of fused-ring (bicyclic) bond motifs is 1. The molecule has 0 bridgehead atoms. The van der Waals surface area contributed by atoms with E-state index in [1.165, 1.54) is 0 Å². The molecule has 1 aliphatic heterocycles. The highest BCUT2D eigenvalue weighted by molar-refractivity contribution is 6.22. The Balaban J connectivity index is 2.15. The molecule has 1 aromatic rings. The maximum Gasteiger partial charge on any atom is 0.0898 e. The summed E-state index contributed by atoms with van der Waals surface area (Å²) in [5.74, 6) is 0. The van der Waals surface area contributed by atoms with Gasteiger partial charge in [0.15, 0.2) is 0 Å². The first-order valence-electron chi connectivity index (χ1n) is 6.42. The van der Waals surface area contributed by atoms with Gasteiger partial charge >= 0.3 is 0 Å². The Morgan fingerprint density at radius 3 is 2.89 bits per heavy atom. The number of allylic oxidation sites excluding steroid dienone is 6. The van der Waals surface area contributed by atoms with Gasteiger partial charge in [0.25, 0.3) is 0 Å². The van der Waals surface area contributed by atoms with Crippen LogP contribution in [0.5, 0.6) is 0 Å². The average molecular weight is 248 g/mol. The van der Waals surface area contributed by atoms with Gasteiger partial charge < -0.3 is 4.90 Å². The van der Waals surface area contributed by atoms with E-state index in [4.69, 9.17) is 0 Å². The lowest BCUT2D eigenvalue weighted by atomic mass is 10.1. The van der Waals surface area contributed by atoms with Crippen LogP contribution in [-0.2, 0) is 0 Å². The molecule has 2 nitrogen and oxygen atoms in total. The van der Waals surface area contributed by atoms with E-state index in [0.717, 1.165) is 34.8 Å². The highest BCUT2D eigenvalue weighted by atomic mass is 15.2. The summed E-state index contributed by atoms with van der Waals surface area (Å²) in [6.07, 6.45) is 11.6. The van der Waals surface area contributed by atoms with Gasteiger partial charge in [0.2, 0.25) is 0 Å². The molecule has 1 aliphatic carbocycles. The van der Waals surface area contributed by atoms with E-state index in [9.17, 15) is 0 Å². The SMILES string of the molecule is C=C1C(=NC)c2ccccc2N1C1=CC=CCC=C1. The highest BCUT2D eigenvalue weighted by Crippen LogP contribution is 2.37. The zero-order valence-corrected chi connectivity index (χ0v) is 11.0. The van der Waals surface area contributed by atoms with Gasteiger partial charge in [-0.25, -0.2) is 0 Å². The number of hydrogen-bond donors (Lipinski definition) is 0. The molecule has 0 atom stereocenters. The van der Waals surface area contributed by atoms with Crippen LogP contribution >= 0.6 is 0 Å². The topological polar surface area (TPSA) is 15.6 Å². The minimum atomic E-state index is 0.940. The zero-order valence-electron chi connectivity index (χ0n) is 11.0. The van der Waals surface area contributed by atoms with Crippen molar-refractivity contribution in [2.24, 2.45) is 4.99 Å². The molecule has 0 spiro atoms. The molecule has 2 heteroatoms. The summed E-state index contributed by atoms with van der Waals surface area (Å²) in [7, 11) is 1.82. The van der Waals surface area contributed by atoms with Crippen molar-refractivity contribution in [1.82, 2.24) is 0 Å². The molecule has 0 saturated carbocycles. The second-order valence-electron chi connectivity index (χ2n) is 4.53. The molecule has 0 amide bonds. The number of hydrogen-bond acceptors (Lipinski definition) is 2. The lowest BCUT2D eigenvalue weighted by Crippen LogP contribution is -2.18. The predicted octanol–water partition coefficient (Wildman–Crippen LogP) is 3.84. The summed E-state index contributed by atoms with van der Waals surface area (Å²) in [6.45, 7) is 4.20. The minimum Gasteiger partial charge on any atom is -0.308 e. The average Bonchev–Trinajstić information content (AvgIpc) is 2.60. The van der Waals surface area contributed by atoms with E-state index < -0.39 is 0 Å². The van der Waals surface area contributed by atoms with Crippen molar-refractivity contribution in [3.8, 4) is 0 Å². The third kappa shape index (κ3) is 1.85. The molecule has 0 unspecified atom stereocenters. The Kier molecular flexibility index (Phi) is 2.92. The summed E-state index contributed by atoms with van der Waals surface area (Å²) >= 11 is 0. The summed E-state index contributed by atoms with van der Waals surface area (Å²) in [6, 6.07) is 8.30. The van der Waals surface area contributed by atoms with Gasteiger partial charge in [-0.05, 0) is 24.6 Å². The summed E-state index contributed by atoms with van der Waals surface area (Å²) in [5.41, 5.74) is 5.34. The van der Waals surface area contributed by atoms with E-state index in [1.54, 1.807) is 0 Å².